The van der Waals surface area contributed by atoms with Crippen LogP contribution in [0.25, 0.3) is 0 Å². The molecular formula is C13H16BrCl2N. The Bertz CT molecular complexity index is 380. The molecule has 1 aromatic carbocycles. The Morgan fingerprint density at radius 1 is 1.24 bits per heavy atom. The van der Waals surface area contributed by atoms with Crippen LogP contribution in [0.3, 0.4) is 0 Å². The number of halogens is 3. The lowest BCUT2D eigenvalue weighted by atomic mass is 9.91. The first-order valence-electron chi connectivity index (χ1n) is 5.94. The van der Waals surface area contributed by atoms with Gasteiger partial charge in [-0.05, 0) is 30.5 Å². The molecule has 0 heterocycles. The fraction of sp³-hybridized carbons (Fsp3) is 0.538. The summed E-state index contributed by atoms with van der Waals surface area (Å²) < 4.78 is 0. The van der Waals surface area contributed by atoms with E-state index in [2.05, 4.69) is 26.9 Å². The monoisotopic (exact) mass is 335 g/mol. The first-order valence-corrected chi connectivity index (χ1v) is 7.82. The second kappa shape index (κ2) is 6.42. The van der Waals surface area contributed by atoms with Gasteiger partial charge in [-0.1, -0.05) is 51.6 Å². The molecule has 1 aliphatic rings. The Morgan fingerprint density at radius 2 is 2.00 bits per heavy atom. The highest BCUT2D eigenvalue weighted by atomic mass is 79.9. The summed E-state index contributed by atoms with van der Waals surface area (Å²) in [7, 11) is 0. The van der Waals surface area contributed by atoms with Gasteiger partial charge in [0.05, 0.1) is 10.0 Å². The van der Waals surface area contributed by atoms with E-state index in [0.29, 0.717) is 10.0 Å². The summed E-state index contributed by atoms with van der Waals surface area (Å²) in [5.41, 5.74) is 1.24. The highest BCUT2D eigenvalue weighted by molar-refractivity contribution is 9.09. The topological polar surface area (TPSA) is 3.24 Å². The van der Waals surface area contributed by atoms with Crippen LogP contribution < -0.4 is 0 Å². The van der Waals surface area contributed by atoms with E-state index in [1.165, 1.54) is 24.8 Å². The molecule has 0 N–H and O–H groups in total. The Balaban J connectivity index is 2.02. The molecule has 1 aromatic rings. The third kappa shape index (κ3) is 3.60. The van der Waals surface area contributed by atoms with Crippen LogP contribution in [0.5, 0.6) is 0 Å². The predicted molar refractivity (Wildman–Crippen MR) is 78.3 cm³/mol. The molecule has 1 nitrogen and oxygen atoms in total. The SMILES string of the molecule is Clc1ccc(CN(CCBr)C2CCC2)cc1Cl. The van der Waals surface area contributed by atoms with Crippen LogP contribution in [0, 0.1) is 0 Å². The largest absolute Gasteiger partial charge is 0.295 e. The molecule has 0 atom stereocenters. The van der Waals surface area contributed by atoms with Crippen molar-refractivity contribution < 1.29 is 0 Å². The number of hydrogen-bond donors (Lipinski definition) is 0. The minimum Gasteiger partial charge on any atom is -0.295 e. The lowest BCUT2D eigenvalue weighted by Crippen LogP contribution is -2.40. The van der Waals surface area contributed by atoms with Gasteiger partial charge in [-0.25, -0.2) is 0 Å². The van der Waals surface area contributed by atoms with Crippen LogP contribution >= 0.6 is 39.1 Å². The van der Waals surface area contributed by atoms with Gasteiger partial charge >= 0.3 is 0 Å². The zero-order valence-corrected chi connectivity index (χ0v) is 12.7. The molecule has 2 rings (SSSR count). The minimum atomic E-state index is 0.631. The molecule has 1 fully saturated rings. The number of rotatable bonds is 5. The maximum atomic E-state index is 6.04. The molecule has 0 saturated heterocycles. The zero-order chi connectivity index (χ0) is 12.3. The Labute approximate surface area is 121 Å². The first kappa shape index (κ1) is 13.7. The molecule has 0 aliphatic heterocycles. The lowest BCUT2D eigenvalue weighted by molar-refractivity contribution is 0.128. The van der Waals surface area contributed by atoms with Crippen molar-refractivity contribution in [3.63, 3.8) is 0 Å². The van der Waals surface area contributed by atoms with Crippen molar-refractivity contribution in [2.75, 3.05) is 11.9 Å². The molecule has 0 unspecified atom stereocenters. The molecule has 17 heavy (non-hydrogen) atoms. The van der Waals surface area contributed by atoms with Crippen molar-refractivity contribution in [1.29, 1.82) is 0 Å². The Kier molecular flexibility index (Phi) is 5.16. The summed E-state index contributed by atoms with van der Waals surface area (Å²) in [6.07, 6.45) is 4.02. The van der Waals surface area contributed by atoms with Crippen molar-refractivity contribution >= 4 is 39.1 Å². The fourth-order valence-electron chi connectivity index (χ4n) is 2.12. The molecule has 94 valence electrons. The smallest absolute Gasteiger partial charge is 0.0595 e. The molecule has 0 amide bonds. The van der Waals surface area contributed by atoms with E-state index >= 15 is 0 Å². The van der Waals surface area contributed by atoms with Gasteiger partial charge in [-0.15, -0.1) is 0 Å². The van der Waals surface area contributed by atoms with Crippen molar-refractivity contribution in [2.24, 2.45) is 0 Å². The summed E-state index contributed by atoms with van der Waals surface area (Å²) >= 11 is 15.5. The number of nitrogens with zero attached hydrogens (tertiary/aromatic N) is 1. The van der Waals surface area contributed by atoms with Gasteiger partial charge in [0.2, 0.25) is 0 Å². The van der Waals surface area contributed by atoms with E-state index in [1.54, 1.807) is 0 Å². The van der Waals surface area contributed by atoms with E-state index in [-0.39, 0.29) is 0 Å². The van der Waals surface area contributed by atoms with Crippen molar-refractivity contribution in [3.05, 3.63) is 33.8 Å². The number of alkyl halides is 1. The molecular weight excluding hydrogens is 321 g/mol. The van der Waals surface area contributed by atoms with Crippen molar-refractivity contribution in [1.82, 2.24) is 4.90 Å². The van der Waals surface area contributed by atoms with Gasteiger partial charge in [-0.3, -0.25) is 4.90 Å². The average molecular weight is 337 g/mol. The highest BCUT2D eigenvalue weighted by Gasteiger charge is 2.24. The standard InChI is InChI=1S/C13H16BrCl2N/c14-6-7-17(11-2-1-3-11)9-10-4-5-12(15)13(16)8-10/h4-5,8,11H,1-3,6-7,9H2. The summed E-state index contributed by atoms with van der Waals surface area (Å²) in [6, 6.07) is 6.67. The summed E-state index contributed by atoms with van der Waals surface area (Å²) in [5.74, 6) is 0. The van der Waals surface area contributed by atoms with E-state index in [1.807, 2.05) is 12.1 Å². The minimum absolute atomic E-state index is 0.631. The van der Waals surface area contributed by atoms with Gasteiger partial charge in [0, 0.05) is 24.5 Å². The van der Waals surface area contributed by atoms with Gasteiger partial charge in [-0.2, -0.15) is 0 Å². The van der Waals surface area contributed by atoms with Crippen LogP contribution in [0.4, 0.5) is 0 Å². The Morgan fingerprint density at radius 3 is 2.53 bits per heavy atom. The summed E-state index contributed by atoms with van der Waals surface area (Å²) in [5, 5.41) is 2.30. The second-order valence-corrected chi connectivity index (χ2v) is 6.10. The van der Waals surface area contributed by atoms with E-state index < -0.39 is 0 Å². The van der Waals surface area contributed by atoms with E-state index in [0.717, 1.165) is 24.5 Å². The van der Waals surface area contributed by atoms with E-state index in [4.69, 9.17) is 23.2 Å². The third-order valence-corrected chi connectivity index (χ3v) is 4.43. The molecule has 0 bridgehead atoms. The van der Waals surface area contributed by atoms with Crippen LogP contribution in [-0.2, 0) is 6.54 Å². The summed E-state index contributed by atoms with van der Waals surface area (Å²) in [4.78, 5) is 2.53. The van der Waals surface area contributed by atoms with Gasteiger partial charge in [0.15, 0.2) is 0 Å². The first-order chi connectivity index (χ1) is 8.20. The number of hydrogen-bond acceptors (Lipinski definition) is 1. The van der Waals surface area contributed by atoms with Crippen LogP contribution in [0.1, 0.15) is 24.8 Å². The average Bonchev–Trinajstić information content (AvgIpc) is 2.21. The van der Waals surface area contributed by atoms with E-state index in [9.17, 15) is 0 Å². The van der Waals surface area contributed by atoms with Crippen molar-refractivity contribution in [3.8, 4) is 0 Å². The van der Waals surface area contributed by atoms with Crippen LogP contribution in [-0.4, -0.2) is 22.8 Å². The van der Waals surface area contributed by atoms with Crippen LogP contribution in [0.2, 0.25) is 10.0 Å². The maximum absolute atomic E-state index is 6.04. The van der Waals surface area contributed by atoms with Crippen LogP contribution in [0.15, 0.2) is 18.2 Å². The third-order valence-electron chi connectivity index (χ3n) is 3.33. The van der Waals surface area contributed by atoms with Gasteiger partial charge in [0.25, 0.3) is 0 Å². The van der Waals surface area contributed by atoms with Gasteiger partial charge < -0.3 is 0 Å². The normalized spacial score (nSPS) is 16.2. The van der Waals surface area contributed by atoms with Crippen molar-refractivity contribution in [2.45, 2.75) is 31.8 Å². The quantitative estimate of drug-likeness (QED) is 0.702. The fourth-order valence-corrected chi connectivity index (χ4v) is 2.90. The predicted octanol–water partition coefficient (Wildman–Crippen LogP) is 4.74. The molecule has 4 heteroatoms. The molecule has 1 aliphatic carbocycles. The lowest BCUT2D eigenvalue weighted by Gasteiger charge is -2.37. The number of benzene rings is 1. The maximum Gasteiger partial charge on any atom is 0.0595 e. The zero-order valence-electron chi connectivity index (χ0n) is 9.63. The molecule has 0 spiro atoms. The molecule has 0 radical (unpaired) electrons. The Hall–Kier alpha value is 0.240. The van der Waals surface area contributed by atoms with Gasteiger partial charge in [0.1, 0.15) is 0 Å². The molecule has 0 aromatic heterocycles. The second-order valence-electron chi connectivity index (χ2n) is 4.49. The summed E-state index contributed by atoms with van der Waals surface area (Å²) in [6.45, 7) is 2.05. The molecule has 1 saturated carbocycles. The highest BCUT2D eigenvalue weighted by Crippen LogP contribution is 2.28.